The summed E-state index contributed by atoms with van der Waals surface area (Å²) in [5.41, 5.74) is 7.64. The first-order valence-electron chi connectivity index (χ1n) is 5.41. The molecule has 1 aromatic rings. The van der Waals surface area contributed by atoms with Gasteiger partial charge in [-0.25, -0.2) is 0 Å². The minimum atomic E-state index is -0.110. The standard InChI is InChI=1S/C12H16N2O2.ClH/c1-16-11-4-2-3-8-9(11)5-6-10(8)14-12(15)7-13;/h2-4,10H,5-7,13H2,1H3,(H,14,15);1H. The largest absolute Gasteiger partial charge is 0.496 e. The molecule has 0 spiro atoms. The van der Waals surface area contributed by atoms with Gasteiger partial charge in [0.2, 0.25) is 5.91 Å². The van der Waals surface area contributed by atoms with Crippen LogP contribution in [-0.4, -0.2) is 19.6 Å². The molecule has 0 saturated heterocycles. The van der Waals surface area contributed by atoms with Crippen molar-refractivity contribution in [2.45, 2.75) is 18.9 Å². The van der Waals surface area contributed by atoms with E-state index in [1.54, 1.807) is 7.11 Å². The van der Waals surface area contributed by atoms with Crippen LogP contribution in [0.2, 0.25) is 0 Å². The van der Waals surface area contributed by atoms with Gasteiger partial charge in [-0.15, -0.1) is 12.4 Å². The Hall–Kier alpha value is -1.26. The van der Waals surface area contributed by atoms with Crippen LogP contribution in [0.25, 0.3) is 0 Å². The lowest BCUT2D eigenvalue weighted by molar-refractivity contribution is -0.120. The van der Waals surface area contributed by atoms with Gasteiger partial charge in [0.15, 0.2) is 0 Å². The first-order valence-corrected chi connectivity index (χ1v) is 5.41. The Morgan fingerprint density at radius 1 is 1.59 bits per heavy atom. The van der Waals surface area contributed by atoms with Crippen LogP contribution in [-0.2, 0) is 11.2 Å². The van der Waals surface area contributed by atoms with E-state index in [9.17, 15) is 4.79 Å². The summed E-state index contributed by atoms with van der Waals surface area (Å²) in [7, 11) is 1.67. The number of carbonyl (C=O) groups excluding carboxylic acids is 1. The molecule has 0 aliphatic heterocycles. The Kier molecular flexibility index (Phi) is 4.78. The Bertz CT molecular complexity index is 409. The minimum absolute atomic E-state index is 0. The Morgan fingerprint density at radius 3 is 3.00 bits per heavy atom. The fourth-order valence-electron chi connectivity index (χ4n) is 2.22. The molecule has 1 amide bonds. The lowest BCUT2D eigenvalue weighted by Gasteiger charge is -2.14. The second kappa shape index (κ2) is 5.89. The summed E-state index contributed by atoms with van der Waals surface area (Å²) in [5, 5.41) is 2.92. The van der Waals surface area contributed by atoms with E-state index in [1.165, 1.54) is 5.56 Å². The van der Waals surface area contributed by atoms with Gasteiger partial charge in [0, 0.05) is 0 Å². The number of hydrogen-bond donors (Lipinski definition) is 2. The third-order valence-corrected chi connectivity index (χ3v) is 2.97. The van der Waals surface area contributed by atoms with Crippen LogP contribution in [0.15, 0.2) is 18.2 Å². The van der Waals surface area contributed by atoms with Crippen molar-refractivity contribution in [2.24, 2.45) is 5.73 Å². The summed E-state index contributed by atoms with van der Waals surface area (Å²) in [6.45, 7) is 0.0375. The van der Waals surface area contributed by atoms with Crippen molar-refractivity contribution in [1.29, 1.82) is 0 Å². The van der Waals surface area contributed by atoms with E-state index in [0.29, 0.717) is 0 Å². The fraction of sp³-hybridized carbons (Fsp3) is 0.417. The molecule has 4 nitrogen and oxygen atoms in total. The van der Waals surface area contributed by atoms with E-state index in [1.807, 2.05) is 18.2 Å². The smallest absolute Gasteiger partial charge is 0.234 e. The number of hydrogen-bond acceptors (Lipinski definition) is 3. The number of benzene rings is 1. The van der Waals surface area contributed by atoms with Gasteiger partial charge in [-0.1, -0.05) is 12.1 Å². The molecule has 2 rings (SSSR count). The Morgan fingerprint density at radius 2 is 2.35 bits per heavy atom. The first-order chi connectivity index (χ1) is 7.76. The number of amides is 1. The zero-order valence-corrected chi connectivity index (χ0v) is 10.5. The molecule has 0 fully saturated rings. The maximum Gasteiger partial charge on any atom is 0.234 e. The number of fused-ring (bicyclic) bond motifs is 1. The van der Waals surface area contributed by atoms with Crippen molar-refractivity contribution in [3.63, 3.8) is 0 Å². The minimum Gasteiger partial charge on any atom is -0.496 e. The molecule has 0 heterocycles. The molecular formula is C12H17ClN2O2. The third-order valence-electron chi connectivity index (χ3n) is 2.97. The topological polar surface area (TPSA) is 64.3 Å². The van der Waals surface area contributed by atoms with E-state index in [4.69, 9.17) is 10.5 Å². The molecule has 0 saturated carbocycles. The molecule has 1 atom stereocenters. The zero-order chi connectivity index (χ0) is 11.5. The number of rotatable bonds is 3. The highest BCUT2D eigenvalue weighted by Crippen LogP contribution is 2.36. The number of halogens is 1. The van der Waals surface area contributed by atoms with Crippen LogP contribution < -0.4 is 15.8 Å². The van der Waals surface area contributed by atoms with E-state index >= 15 is 0 Å². The quantitative estimate of drug-likeness (QED) is 0.854. The lowest BCUT2D eigenvalue weighted by Crippen LogP contribution is -2.32. The molecule has 17 heavy (non-hydrogen) atoms. The fourth-order valence-corrected chi connectivity index (χ4v) is 2.22. The number of methoxy groups -OCH3 is 1. The average molecular weight is 257 g/mol. The van der Waals surface area contributed by atoms with Crippen LogP contribution in [0, 0.1) is 0 Å². The molecular weight excluding hydrogens is 240 g/mol. The second-order valence-electron chi connectivity index (χ2n) is 3.89. The second-order valence-corrected chi connectivity index (χ2v) is 3.89. The zero-order valence-electron chi connectivity index (χ0n) is 9.73. The molecule has 1 unspecified atom stereocenters. The molecule has 0 aromatic heterocycles. The van der Waals surface area contributed by atoms with Crippen molar-refractivity contribution in [2.75, 3.05) is 13.7 Å². The predicted octanol–water partition coefficient (Wildman–Crippen LogP) is 1.18. The number of nitrogens with two attached hydrogens (primary N) is 1. The highest BCUT2D eigenvalue weighted by Gasteiger charge is 2.25. The van der Waals surface area contributed by atoms with Crippen LogP contribution in [0.1, 0.15) is 23.6 Å². The Balaban J connectivity index is 0.00000144. The lowest BCUT2D eigenvalue weighted by atomic mass is 10.1. The van der Waals surface area contributed by atoms with Crippen molar-refractivity contribution >= 4 is 18.3 Å². The highest BCUT2D eigenvalue weighted by atomic mass is 35.5. The van der Waals surface area contributed by atoms with E-state index in [2.05, 4.69) is 5.32 Å². The number of nitrogens with one attached hydrogen (secondary N) is 1. The summed E-state index contributed by atoms with van der Waals surface area (Å²) in [5.74, 6) is 0.794. The molecule has 0 radical (unpaired) electrons. The summed E-state index contributed by atoms with van der Waals surface area (Å²) in [6, 6.07) is 6.02. The van der Waals surface area contributed by atoms with Crippen LogP contribution in [0.3, 0.4) is 0 Å². The van der Waals surface area contributed by atoms with Crippen LogP contribution in [0.5, 0.6) is 5.75 Å². The number of carbonyl (C=O) groups is 1. The average Bonchev–Trinajstić information content (AvgIpc) is 2.72. The van der Waals surface area contributed by atoms with Crippen LogP contribution >= 0.6 is 12.4 Å². The summed E-state index contributed by atoms with van der Waals surface area (Å²) < 4.78 is 5.30. The highest BCUT2D eigenvalue weighted by molar-refractivity contribution is 5.85. The maximum absolute atomic E-state index is 11.3. The van der Waals surface area contributed by atoms with Gasteiger partial charge in [0.05, 0.1) is 19.7 Å². The van der Waals surface area contributed by atoms with Crippen LogP contribution in [0.4, 0.5) is 0 Å². The molecule has 3 N–H and O–H groups in total. The summed E-state index contributed by atoms with van der Waals surface area (Å²) >= 11 is 0. The SMILES string of the molecule is COc1cccc2c1CCC2NC(=O)CN.Cl. The first kappa shape index (κ1) is 13.8. The van der Waals surface area contributed by atoms with Gasteiger partial charge in [0.25, 0.3) is 0 Å². The molecule has 94 valence electrons. The number of ether oxygens (including phenoxy) is 1. The molecule has 5 heteroatoms. The van der Waals surface area contributed by atoms with Crippen molar-refractivity contribution in [3.05, 3.63) is 29.3 Å². The van der Waals surface area contributed by atoms with Gasteiger partial charge in [-0.05, 0) is 30.0 Å². The Labute approximate surface area is 107 Å². The van der Waals surface area contributed by atoms with Gasteiger partial charge >= 0.3 is 0 Å². The van der Waals surface area contributed by atoms with E-state index < -0.39 is 0 Å². The molecule has 1 aromatic carbocycles. The normalized spacial score (nSPS) is 16.9. The summed E-state index contributed by atoms with van der Waals surface area (Å²) in [6.07, 6.45) is 1.86. The third kappa shape index (κ3) is 2.70. The summed E-state index contributed by atoms with van der Waals surface area (Å²) in [4.78, 5) is 11.3. The molecule has 1 aliphatic carbocycles. The van der Waals surface area contributed by atoms with Crippen molar-refractivity contribution in [1.82, 2.24) is 5.32 Å². The van der Waals surface area contributed by atoms with Gasteiger partial charge < -0.3 is 15.8 Å². The maximum atomic E-state index is 11.3. The van der Waals surface area contributed by atoms with E-state index in [0.717, 1.165) is 24.2 Å². The molecule has 0 bridgehead atoms. The molecule has 1 aliphatic rings. The van der Waals surface area contributed by atoms with Crippen molar-refractivity contribution in [3.8, 4) is 5.75 Å². The van der Waals surface area contributed by atoms with E-state index in [-0.39, 0.29) is 30.9 Å². The monoisotopic (exact) mass is 256 g/mol. The van der Waals surface area contributed by atoms with Gasteiger partial charge in [-0.2, -0.15) is 0 Å². The van der Waals surface area contributed by atoms with Gasteiger partial charge in [0.1, 0.15) is 5.75 Å². The van der Waals surface area contributed by atoms with Gasteiger partial charge in [-0.3, -0.25) is 4.79 Å². The predicted molar refractivity (Wildman–Crippen MR) is 68.5 cm³/mol. The van der Waals surface area contributed by atoms with Crippen molar-refractivity contribution < 1.29 is 9.53 Å².